The smallest absolute Gasteiger partial charge is 0.122 e. The zero-order chi connectivity index (χ0) is 12.1. The summed E-state index contributed by atoms with van der Waals surface area (Å²) >= 11 is 0. The maximum absolute atomic E-state index is 5.63. The maximum Gasteiger partial charge on any atom is 0.122 e. The van der Waals surface area contributed by atoms with Crippen molar-refractivity contribution >= 4 is 0 Å². The first kappa shape index (κ1) is 12.7. The Bertz CT molecular complexity index is 329. The molecular weight excluding hydrogens is 212 g/mol. The van der Waals surface area contributed by atoms with E-state index >= 15 is 0 Å². The van der Waals surface area contributed by atoms with Gasteiger partial charge in [-0.1, -0.05) is 19.8 Å². The van der Waals surface area contributed by atoms with Gasteiger partial charge in [0.15, 0.2) is 0 Å². The average molecular weight is 236 g/mol. The Labute approximate surface area is 104 Å². The van der Waals surface area contributed by atoms with Crippen LogP contribution in [0.1, 0.15) is 43.9 Å². The molecule has 1 fully saturated rings. The Morgan fingerprint density at radius 2 is 2.18 bits per heavy atom. The molecule has 3 heteroatoms. The second kappa shape index (κ2) is 6.22. The van der Waals surface area contributed by atoms with Crippen molar-refractivity contribution in [1.82, 2.24) is 10.2 Å². The molecule has 1 aromatic rings. The van der Waals surface area contributed by atoms with Crippen molar-refractivity contribution in [2.75, 3.05) is 13.6 Å². The highest BCUT2D eigenvalue weighted by Crippen LogP contribution is 2.25. The molecule has 0 amide bonds. The van der Waals surface area contributed by atoms with E-state index in [2.05, 4.69) is 23.2 Å². The fourth-order valence-corrected chi connectivity index (χ4v) is 2.81. The normalized spacial score (nSPS) is 17.1. The average Bonchev–Trinajstić information content (AvgIpc) is 2.97. The van der Waals surface area contributed by atoms with Crippen LogP contribution in [-0.2, 0) is 13.1 Å². The monoisotopic (exact) mass is 236 g/mol. The van der Waals surface area contributed by atoms with Gasteiger partial charge in [-0.3, -0.25) is 4.90 Å². The van der Waals surface area contributed by atoms with Gasteiger partial charge in [0.2, 0.25) is 0 Å². The third kappa shape index (κ3) is 3.11. The molecule has 0 aliphatic heterocycles. The molecule has 0 atom stereocenters. The van der Waals surface area contributed by atoms with Gasteiger partial charge < -0.3 is 9.73 Å². The molecule has 1 aliphatic rings. The molecule has 0 spiro atoms. The third-order valence-electron chi connectivity index (χ3n) is 3.80. The van der Waals surface area contributed by atoms with Crippen LogP contribution in [0.15, 0.2) is 16.7 Å². The van der Waals surface area contributed by atoms with Gasteiger partial charge in [0.25, 0.3) is 0 Å². The fourth-order valence-electron chi connectivity index (χ4n) is 2.81. The Kier molecular flexibility index (Phi) is 4.63. The number of hydrogen-bond acceptors (Lipinski definition) is 3. The minimum absolute atomic E-state index is 0.771. The van der Waals surface area contributed by atoms with E-state index in [0.717, 1.165) is 31.4 Å². The van der Waals surface area contributed by atoms with Crippen LogP contribution in [0.2, 0.25) is 0 Å². The highest BCUT2D eigenvalue weighted by molar-refractivity contribution is 5.16. The van der Waals surface area contributed by atoms with Crippen molar-refractivity contribution < 1.29 is 4.42 Å². The molecule has 3 nitrogen and oxygen atoms in total. The van der Waals surface area contributed by atoms with E-state index in [-0.39, 0.29) is 0 Å². The molecule has 0 aromatic carbocycles. The zero-order valence-corrected chi connectivity index (χ0v) is 11.0. The van der Waals surface area contributed by atoms with E-state index in [1.165, 1.54) is 31.2 Å². The quantitative estimate of drug-likeness (QED) is 0.823. The van der Waals surface area contributed by atoms with Crippen LogP contribution in [0.4, 0.5) is 0 Å². The van der Waals surface area contributed by atoms with Crippen LogP contribution in [-0.4, -0.2) is 24.5 Å². The lowest BCUT2D eigenvalue weighted by atomic mass is 10.1. The molecule has 96 valence electrons. The molecule has 1 N–H and O–H groups in total. The number of hydrogen-bond donors (Lipinski definition) is 1. The summed E-state index contributed by atoms with van der Waals surface area (Å²) < 4.78 is 5.63. The SMILES string of the molecule is CCN(Cc1occc1CNC)C1CCCC1. The van der Waals surface area contributed by atoms with Gasteiger partial charge in [0, 0.05) is 18.2 Å². The van der Waals surface area contributed by atoms with Crippen molar-refractivity contribution in [1.29, 1.82) is 0 Å². The third-order valence-corrected chi connectivity index (χ3v) is 3.80. The van der Waals surface area contributed by atoms with Crippen LogP contribution in [0.5, 0.6) is 0 Å². The largest absolute Gasteiger partial charge is 0.468 e. The number of rotatable bonds is 6. The first-order chi connectivity index (χ1) is 8.35. The first-order valence-electron chi connectivity index (χ1n) is 6.79. The predicted octanol–water partition coefficient (Wildman–Crippen LogP) is 2.76. The standard InChI is InChI=1S/C14H24N2O/c1-3-16(13-6-4-5-7-13)11-14-12(10-15-2)8-9-17-14/h8-9,13,15H,3-7,10-11H2,1-2H3. The number of nitrogens with one attached hydrogen (secondary N) is 1. The van der Waals surface area contributed by atoms with Crippen molar-refractivity contribution in [3.8, 4) is 0 Å². The van der Waals surface area contributed by atoms with Gasteiger partial charge in [-0.05, 0) is 32.5 Å². The molecule has 0 radical (unpaired) electrons. The van der Waals surface area contributed by atoms with E-state index in [4.69, 9.17) is 4.42 Å². The molecule has 0 bridgehead atoms. The van der Waals surface area contributed by atoms with Gasteiger partial charge in [-0.15, -0.1) is 0 Å². The van der Waals surface area contributed by atoms with Gasteiger partial charge in [0.05, 0.1) is 12.8 Å². The van der Waals surface area contributed by atoms with Crippen LogP contribution in [0.3, 0.4) is 0 Å². The van der Waals surface area contributed by atoms with Gasteiger partial charge in [-0.2, -0.15) is 0 Å². The summed E-state index contributed by atoms with van der Waals surface area (Å²) in [6, 6.07) is 2.85. The lowest BCUT2D eigenvalue weighted by Gasteiger charge is -2.26. The van der Waals surface area contributed by atoms with Crippen LogP contribution < -0.4 is 5.32 Å². The minimum Gasteiger partial charge on any atom is -0.468 e. The van der Waals surface area contributed by atoms with Crippen molar-refractivity contribution in [3.63, 3.8) is 0 Å². The number of nitrogens with zero attached hydrogens (tertiary/aromatic N) is 1. The van der Waals surface area contributed by atoms with E-state index in [9.17, 15) is 0 Å². The summed E-state index contributed by atoms with van der Waals surface area (Å²) in [6.45, 7) is 5.22. The van der Waals surface area contributed by atoms with E-state index in [0.29, 0.717) is 0 Å². The second-order valence-corrected chi connectivity index (χ2v) is 4.90. The summed E-state index contributed by atoms with van der Waals surface area (Å²) in [7, 11) is 1.98. The summed E-state index contributed by atoms with van der Waals surface area (Å²) in [6.07, 6.45) is 7.31. The van der Waals surface area contributed by atoms with E-state index in [1.54, 1.807) is 0 Å². The van der Waals surface area contributed by atoms with Crippen molar-refractivity contribution in [2.45, 2.75) is 51.7 Å². The van der Waals surface area contributed by atoms with E-state index < -0.39 is 0 Å². The molecule has 1 aromatic heterocycles. The lowest BCUT2D eigenvalue weighted by Crippen LogP contribution is -2.32. The van der Waals surface area contributed by atoms with Gasteiger partial charge in [0.1, 0.15) is 5.76 Å². The molecule has 17 heavy (non-hydrogen) atoms. The summed E-state index contributed by atoms with van der Waals surface area (Å²) in [5.41, 5.74) is 1.30. The van der Waals surface area contributed by atoms with Crippen LogP contribution in [0, 0.1) is 0 Å². The summed E-state index contributed by atoms with van der Waals surface area (Å²) in [5, 5.41) is 3.19. The molecule has 0 unspecified atom stereocenters. The molecule has 2 rings (SSSR count). The highest BCUT2D eigenvalue weighted by Gasteiger charge is 2.22. The summed E-state index contributed by atoms with van der Waals surface area (Å²) in [5.74, 6) is 1.13. The van der Waals surface area contributed by atoms with Crippen molar-refractivity contribution in [2.24, 2.45) is 0 Å². The summed E-state index contributed by atoms with van der Waals surface area (Å²) in [4.78, 5) is 2.56. The molecular formula is C14H24N2O. The Morgan fingerprint density at radius 1 is 1.41 bits per heavy atom. The predicted molar refractivity (Wildman–Crippen MR) is 69.8 cm³/mol. The molecule has 1 heterocycles. The van der Waals surface area contributed by atoms with Gasteiger partial charge >= 0.3 is 0 Å². The topological polar surface area (TPSA) is 28.4 Å². The molecule has 0 saturated heterocycles. The van der Waals surface area contributed by atoms with E-state index in [1.807, 2.05) is 13.3 Å². The lowest BCUT2D eigenvalue weighted by molar-refractivity contribution is 0.184. The Morgan fingerprint density at radius 3 is 2.82 bits per heavy atom. The first-order valence-corrected chi connectivity index (χ1v) is 6.79. The maximum atomic E-state index is 5.63. The molecule has 1 saturated carbocycles. The molecule has 1 aliphatic carbocycles. The minimum atomic E-state index is 0.771. The Balaban J connectivity index is 1.99. The zero-order valence-electron chi connectivity index (χ0n) is 11.0. The number of furan rings is 1. The van der Waals surface area contributed by atoms with Crippen LogP contribution >= 0.6 is 0 Å². The van der Waals surface area contributed by atoms with Gasteiger partial charge in [-0.25, -0.2) is 0 Å². The highest BCUT2D eigenvalue weighted by atomic mass is 16.3. The second-order valence-electron chi connectivity index (χ2n) is 4.90. The van der Waals surface area contributed by atoms with Crippen LogP contribution in [0.25, 0.3) is 0 Å². The Hall–Kier alpha value is -0.800. The van der Waals surface area contributed by atoms with Crippen molar-refractivity contribution in [3.05, 3.63) is 23.7 Å². The fraction of sp³-hybridized carbons (Fsp3) is 0.714.